The summed E-state index contributed by atoms with van der Waals surface area (Å²) >= 11 is 0. The Hall–Kier alpha value is -1.84. The van der Waals surface area contributed by atoms with Crippen LogP contribution in [0.15, 0.2) is 30.3 Å². The van der Waals surface area contributed by atoms with Gasteiger partial charge >= 0.3 is 11.9 Å². The molecule has 0 N–H and O–H groups in total. The summed E-state index contributed by atoms with van der Waals surface area (Å²) in [5, 5.41) is 0. The molecule has 0 amide bonds. The maximum Gasteiger partial charge on any atom is 0.310 e. The molecule has 0 heterocycles. The number of esters is 2. The maximum atomic E-state index is 11.7. The van der Waals surface area contributed by atoms with Crippen molar-refractivity contribution in [2.45, 2.75) is 39.4 Å². The van der Waals surface area contributed by atoms with Gasteiger partial charge in [-0.05, 0) is 19.4 Å². The number of rotatable bonds is 5. The van der Waals surface area contributed by atoms with Crippen molar-refractivity contribution >= 4 is 11.9 Å². The Morgan fingerprint density at radius 1 is 1.06 bits per heavy atom. The van der Waals surface area contributed by atoms with Crippen molar-refractivity contribution in [2.75, 3.05) is 0 Å². The zero-order chi connectivity index (χ0) is 13.5. The van der Waals surface area contributed by atoms with E-state index < -0.39 is 12.2 Å². The lowest BCUT2D eigenvalue weighted by Crippen LogP contribution is -2.30. The van der Waals surface area contributed by atoms with E-state index in [1.807, 2.05) is 30.3 Å². The molecule has 1 aromatic rings. The Morgan fingerprint density at radius 3 is 2.17 bits per heavy atom. The molecule has 0 aliphatic heterocycles. The number of ether oxygens (including phenoxy) is 2. The molecule has 0 saturated carbocycles. The van der Waals surface area contributed by atoms with Crippen LogP contribution >= 0.6 is 0 Å². The maximum absolute atomic E-state index is 11.7. The van der Waals surface area contributed by atoms with E-state index >= 15 is 0 Å². The van der Waals surface area contributed by atoms with E-state index in [-0.39, 0.29) is 18.4 Å². The van der Waals surface area contributed by atoms with Gasteiger partial charge in [-0.1, -0.05) is 30.3 Å². The Bertz CT molecular complexity index is 400. The summed E-state index contributed by atoms with van der Waals surface area (Å²) in [6.45, 7) is 4.73. The summed E-state index contributed by atoms with van der Waals surface area (Å²) < 4.78 is 10.1. The Morgan fingerprint density at radius 2 is 1.61 bits per heavy atom. The fourth-order valence-electron chi connectivity index (χ4n) is 1.46. The lowest BCUT2D eigenvalue weighted by molar-refractivity contribution is -0.163. The standard InChI is InChI=1S/C14H18O4/c1-10(17-12(3)15)11(2)18-14(16)9-13-7-5-4-6-8-13/h4-8,10-11H,9H2,1-3H3. The smallest absolute Gasteiger partial charge is 0.310 e. The van der Waals surface area contributed by atoms with Crippen LogP contribution in [0.2, 0.25) is 0 Å². The molecule has 0 aliphatic rings. The first-order chi connectivity index (χ1) is 8.49. The van der Waals surface area contributed by atoms with Gasteiger partial charge in [-0.2, -0.15) is 0 Å². The summed E-state index contributed by atoms with van der Waals surface area (Å²) in [6.07, 6.45) is -0.676. The van der Waals surface area contributed by atoms with E-state index in [9.17, 15) is 9.59 Å². The van der Waals surface area contributed by atoms with Crippen LogP contribution < -0.4 is 0 Å². The Labute approximate surface area is 107 Å². The highest BCUT2D eigenvalue weighted by molar-refractivity contribution is 5.72. The van der Waals surface area contributed by atoms with Crippen LogP contribution in [0.5, 0.6) is 0 Å². The second kappa shape index (κ2) is 6.79. The topological polar surface area (TPSA) is 52.6 Å². The third-order valence-corrected chi connectivity index (χ3v) is 2.52. The molecule has 1 rings (SSSR count). The van der Waals surface area contributed by atoms with Gasteiger partial charge in [0.15, 0.2) is 0 Å². The van der Waals surface area contributed by atoms with Gasteiger partial charge in [0.1, 0.15) is 12.2 Å². The molecule has 0 aromatic heterocycles. The largest absolute Gasteiger partial charge is 0.459 e. The highest BCUT2D eigenvalue weighted by Crippen LogP contribution is 2.07. The van der Waals surface area contributed by atoms with Gasteiger partial charge in [0.25, 0.3) is 0 Å². The van der Waals surface area contributed by atoms with Gasteiger partial charge in [-0.3, -0.25) is 9.59 Å². The van der Waals surface area contributed by atoms with Gasteiger partial charge < -0.3 is 9.47 Å². The van der Waals surface area contributed by atoms with Crippen molar-refractivity contribution in [3.05, 3.63) is 35.9 Å². The van der Waals surface area contributed by atoms with Gasteiger partial charge in [0.2, 0.25) is 0 Å². The van der Waals surface area contributed by atoms with E-state index in [4.69, 9.17) is 9.47 Å². The Balaban J connectivity index is 2.42. The number of hydrogen-bond acceptors (Lipinski definition) is 4. The molecule has 4 heteroatoms. The van der Waals surface area contributed by atoms with Crippen LogP contribution in [0.3, 0.4) is 0 Å². The zero-order valence-electron chi connectivity index (χ0n) is 10.9. The minimum atomic E-state index is -0.454. The average Bonchev–Trinajstić information content (AvgIpc) is 2.29. The normalized spacial score (nSPS) is 13.5. The summed E-state index contributed by atoms with van der Waals surface area (Å²) in [7, 11) is 0. The first-order valence-electron chi connectivity index (χ1n) is 5.89. The van der Waals surface area contributed by atoms with Crippen molar-refractivity contribution in [3.8, 4) is 0 Å². The second-order valence-corrected chi connectivity index (χ2v) is 4.17. The molecule has 1 aromatic carbocycles. The lowest BCUT2D eigenvalue weighted by atomic mass is 10.1. The van der Waals surface area contributed by atoms with E-state index in [0.29, 0.717) is 0 Å². The fourth-order valence-corrected chi connectivity index (χ4v) is 1.46. The minimum absolute atomic E-state index is 0.220. The number of carbonyl (C=O) groups is 2. The highest BCUT2D eigenvalue weighted by atomic mass is 16.6. The van der Waals surface area contributed by atoms with Crippen molar-refractivity contribution in [2.24, 2.45) is 0 Å². The third kappa shape index (κ3) is 4.99. The number of hydrogen-bond donors (Lipinski definition) is 0. The molecule has 0 radical (unpaired) electrons. The van der Waals surface area contributed by atoms with Crippen molar-refractivity contribution in [1.29, 1.82) is 0 Å². The first-order valence-corrected chi connectivity index (χ1v) is 5.89. The molecular formula is C14H18O4. The molecule has 0 bridgehead atoms. The summed E-state index contributed by atoms with van der Waals surface area (Å²) in [4.78, 5) is 22.4. The molecule has 0 fully saturated rings. The fraction of sp³-hybridized carbons (Fsp3) is 0.429. The van der Waals surface area contributed by atoms with Crippen LogP contribution in [0, 0.1) is 0 Å². The van der Waals surface area contributed by atoms with Gasteiger partial charge in [0, 0.05) is 6.92 Å². The summed E-state index contributed by atoms with van der Waals surface area (Å²) in [5.41, 5.74) is 0.898. The van der Waals surface area contributed by atoms with Crippen LogP contribution in [-0.4, -0.2) is 24.1 Å². The summed E-state index contributed by atoms with van der Waals surface area (Å²) in [5.74, 6) is -0.707. The van der Waals surface area contributed by atoms with Crippen LogP contribution in [-0.2, 0) is 25.5 Å². The van der Waals surface area contributed by atoms with Gasteiger partial charge in [-0.15, -0.1) is 0 Å². The third-order valence-electron chi connectivity index (χ3n) is 2.52. The molecule has 0 saturated heterocycles. The van der Waals surface area contributed by atoms with Crippen molar-refractivity contribution in [1.82, 2.24) is 0 Å². The van der Waals surface area contributed by atoms with Crippen molar-refractivity contribution < 1.29 is 19.1 Å². The zero-order valence-corrected chi connectivity index (χ0v) is 10.9. The number of benzene rings is 1. The van der Waals surface area contributed by atoms with Crippen molar-refractivity contribution in [3.63, 3.8) is 0 Å². The second-order valence-electron chi connectivity index (χ2n) is 4.17. The quantitative estimate of drug-likeness (QED) is 0.751. The highest BCUT2D eigenvalue weighted by Gasteiger charge is 2.19. The van der Waals surface area contributed by atoms with Crippen LogP contribution in [0.25, 0.3) is 0 Å². The average molecular weight is 250 g/mol. The van der Waals surface area contributed by atoms with E-state index in [0.717, 1.165) is 5.56 Å². The lowest BCUT2D eigenvalue weighted by Gasteiger charge is -2.20. The molecular weight excluding hydrogens is 232 g/mol. The van der Waals surface area contributed by atoms with Crippen LogP contribution in [0.1, 0.15) is 26.3 Å². The van der Waals surface area contributed by atoms with Gasteiger partial charge in [0.05, 0.1) is 6.42 Å². The Kier molecular flexibility index (Phi) is 5.36. The predicted octanol–water partition coefficient (Wildman–Crippen LogP) is 2.11. The molecule has 2 unspecified atom stereocenters. The molecule has 98 valence electrons. The van der Waals surface area contributed by atoms with E-state index in [1.165, 1.54) is 6.92 Å². The molecule has 2 atom stereocenters. The minimum Gasteiger partial charge on any atom is -0.459 e. The molecule has 4 nitrogen and oxygen atoms in total. The monoisotopic (exact) mass is 250 g/mol. The number of carbonyl (C=O) groups excluding carboxylic acids is 2. The molecule has 0 aliphatic carbocycles. The van der Waals surface area contributed by atoms with Gasteiger partial charge in [-0.25, -0.2) is 0 Å². The first kappa shape index (κ1) is 14.2. The summed E-state index contributed by atoms with van der Waals surface area (Å²) in [6, 6.07) is 9.35. The van der Waals surface area contributed by atoms with E-state index in [2.05, 4.69) is 0 Å². The SMILES string of the molecule is CC(=O)OC(C)C(C)OC(=O)Cc1ccccc1. The molecule has 0 spiro atoms. The van der Waals surface area contributed by atoms with E-state index in [1.54, 1.807) is 13.8 Å². The molecule has 18 heavy (non-hydrogen) atoms. The van der Waals surface area contributed by atoms with Crippen LogP contribution in [0.4, 0.5) is 0 Å². The predicted molar refractivity (Wildman–Crippen MR) is 66.9 cm³/mol.